The van der Waals surface area contributed by atoms with Gasteiger partial charge in [0.25, 0.3) is 0 Å². The van der Waals surface area contributed by atoms with E-state index in [1.54, 1.807) is 6.92 Å². The SMILES string of the molecule is Br.COC(=O)C(C)N1CCC(OC(=O)C(O)c2ccccc2C2CCCC2)C1. The van der Waals surface area contributed by atoms with Gasteiger partial charge in [-0.3, -0.25) is 9.69 Å². The molecule has 156 valence electrons. The van der Waals surface area contributed by atoms with E-state index in [1.165, 1.54) is 20.0 Å². The smallest absolute Gasteiger partial charge is 0.339 e. The molecule has 2 fully saturated rings. The summed E-state index contributed by atoms with van der Waals surface area (Å²) in [6, 6.07) is 7.27. The third kappa shape index (κ3) is 5.13. The molecule has 3 rings (SSSR count). The van der Waals surface area contributed by atoms with Crippen LogP contribution >= 0.6 is 17.0 Å². The highest BCUT2D eigenvalue weighted by Gasteiger charge is 2.34. The summed E-state index contributed by atoms with van der Waals surface area (Å²) in [5, 5.41) is 10.6. The second-order valence-corrected chi connectivity index (χ2v) is 7.55. The third-order valence-corrected chi connectivity index (χ3v) is 5.86. The fraction of sp³-hybridized carbons (Fsp3) is 0.619. The minimum atomic E-state index is -1.27. The number of hydrogen-bond acceptors (Lipinski definition) is 6. The number of nitrogens with zero attached hydrogens (tertiary/aromatic N) is 1. The summed E-state index contributed by atoms with van der Waals surface area (Å²) in [4.78, 5) is 26.2. The van der Waals surface area contributed by atoms with Gasteiger partial charge in [-0.1, -0.05) is 37.1 Å². The van der Waals surface area contributed by atoms with Crippen molar-refractivity contribution in [2.24, 2.45) is 0 Å². The fourth-order valence-corrected chi connectivity index (χ4v) is 4.25. The van der Waals surface area contributed by atoms with Crippen LogP contribution in [0.3, 0.4) is 0 Å². The predicted molar refractivity (Wildman–Crippen MR) is 110 cm³/mol. The van der Waals surface area contributed by atoms with Crippen molar-refractivity contribution in [3.05, 3.63) is 35.4 Å². The number of esters is 2. The van der Waals surface area contributed by atoms with Crippen LogP contribution in [0.15, 0.2) is 24.3 Å². The maximum Gasteiger partial charge on any atom is 0.339 e. The molecular formula is C21H30BrNO5. The van der Waals surface area contributed by atoms with Crippen molar-refractivity contribution < 1.29 is 24.2 Å². The molecule has 7 heteroatoms. The van der Waals surface area contributed by atoms with Gasteiger partial charge in [0.2, 0.25) is 0 Å². The van der Waals surface area contributed by atoms with E-state index in [9.17, 15) is 14.7 Å². The van der Waals surface area contributed by atoms with Crippen LogP contribution in [0.5, 0.6) is 0 Å². The van der Waals surface area contributed by atoms with E-state index in [1.807, 2.05) is 29.2 Å². The first kappa shape index (κ1) is 22.8. The third-order valence-electron chi connectivity index (χ3n) is 5.86. The number of carbonyl (C=O) groups excluding carboxylic acids is 2. The number of ether oxygens (including phenoxy) is 2. The number of aliphatic hydroxyl groups is 1. The summed E-state index contributed by atoms with van der Waals surface area (Å²) in [6.45, 7) is 2.91. The average Bonchev–Trinajstić information content (AvgIpc) is 3.38. The first-order valence-corrected chi connectivity index (χ1v) is 9.80. The lowest BCUT2D eigenvalue weighted by Gasteiger charge is -2.22. The monoisotopic (exact) mass is 455 g/mol. The van der Waals surface area contributed by atoms with E-state index in [0.717, 1.165) is 18.4 Å². The molecule has 3 unspecified atom stereocenters. The van der Waals surface area contributed by atoms with Gasteiger partial charge in [-0.05, 0) is 43.2 Å². The van der Waals surface area contributed by atoms with Crippen LogP contribution in [0.2, 0.25) is 0 Å². The number of halogens is 1. The summed E-state index contributed by atoms with van der Waals surface area (Å²) < 4.78 is 10.3. The highest BCUT2D eigenvalue weighted by atomic mass is 79.9. The Labute approximate surface area is 177 Å². The summed E-state index contributed by atoms with van der Waals surface area (Å²) in [6.07, 6.45) is 3.63. The van der Waals surface area contributed by atoms with E-state index >= 15 is 0 Å². The summed E-state index contributed by atoms with van der Waals surface area (Å²) in [5.74, 6) is -0.503. The second-order valence-electron chi connectivity index (χ2n) is 7.55. The Kier molecular flexibility index (Phi) is 8.46. The molecule has 1 aromatic rings. The molecule has 1 saturated carbocycles. The molecule has 1 N–H and O–H groups in total. The van der Waals surface area contributed by atoms with Crippen LogP contribution in [0.4, 0.5) is 0 Å². The molecule has 1 aliphatic heterocycles. The van der Waals surface area contributed by atoms with Gasteiger partial charge < -0.3 is 14.6 Å². The molecule has 3 atom stereocenters. The van der Waals surface area contributed by atoms with Crippen LogP contribution in [-0.2, 0) is 19.1 Å². The van der Waals surface area contributed by atoms with E-state index in [4.69, 9.17) is 9.47 Å². The minimum absolute atomic E-state index is 0. The highest BCUT2D eigenvalue weighted by Crippen LogP contribution is 2.37. The summed E-state index contributed by atoms with van der Waals surface area (Å²) >= 11 is 0. The van der Waals surface area contributed by atoms with Gasteiger partial charge in [0.1, 0.15) is 12.1 Å². The molecule has 0 radical (unpaired) electrons. The van der Waals surface area contributed by atoms with E-state index in [0.29, 0.717) is 31.0 Å². The quantitative estimate of drug-likeness (QED) is 0.663. The Bertz CT molecular complexity index is 677. The molecule has 0 aromatic heterocycles. The first-order chi connectivity index (χ1) is 13.0. The number of rotatable bonds is 6. The minimum Gasteiger partial charge on any atom is -0.468 e. The fourth-order valence-electron chi connectivity index (χ4n) is 4.25. The average molecular weight is 456 g/mol. The van der Waals surface area contributed by atoms with Gasteiger partial charge in [0.15, 0.2) is 6.10 Å². The molecule has 1 aromatic carbocycles. The van der Waals surface area contributed by atoms with Crippen molar-refractivity contribution >= 4 is 28.9 Å². The van der Waals surface area contributed by atoms with Crippen molar-refractivity contribution in [2.45, 2.75) is 63.2 Å². The number of aliphatic hydroxyl groups excluding tert-OH is 1. The number of methoxy groups -OCH3 is 1. The largest absolute Gasteiger partial charge is 0.468 e. The van der Waals surface area contributed by atoms with Crippen LogP contribution in [0, 0.1) is 0 Å². The molecule has 1 heterocycles. The normalized spacial score (nSPS) is 22.3. The molecular weight excluding hydrogens is 426 g/mol. The van der Waals surface area contributed by atoms with Gasteiger partial charge in [-0.2, -0.15) is 0 Å². The van der Waals surface area contributed by atoms with Gasteiger partial charge in [-0.15, -0.1) is 17.0 Å². The van der Waals surface area contributed by atoms with E-state index < -0.39 is 12.1 Å². The summed E-state index contributed by atoms with van der Waals surface area (Å²) in [5.41, 5.74) is 1.72. The van der Waals surface area contributed by atoms with Crippen LogP contribution in [0.25, 0.3) is 0 Å². The highest BCUT2D eigenvalue weighted by molar-refractivity contribution is 8.93. The zero-order valence-electron chi connectivity index (χ0n) is 16.5. The number of carbonyl (C=O) groups is 2. The summed E-state index contributed by atoms with van der Waals surface area (Å²) in [7, 11) is 1.37. The van der Waals surface area contributed by atoms with Crippen molar-refractivity contribution in [1.82, 2.24) is 4.90 Å². The Morgan fingerprint density at radius 2 is 1.82 bits per heavy atom. The zero-order valence-corrected chi connectivity index (χ0v) is 18.2. The van der Waals surface area contributed by atoms with Crippen LogP contribution in [0.1, 0.15) is 62.2 Å². The lowest BCUT2D eigenvalue weighted by molar-refractivity contribution is -0.159. The maximum absolute atomic E-state index is 12.6. The van der Waals surface area contributed by atoms with Gasteiger partial charge in [-0.25, -0.2) is 4.79 Å². The van der Waals surface area contributed by atoms with Crippen molar-refractivity contribution in [2.75, 3.05) is 20.2 Å². The Morgan fingerprint density at radius 3 is 2.50 bits per heavy atom. The predicted octanol–water partition coefficient (Wildman–Crippen LogP) is 3.13. The van der Waals surface area contributed by atoms with Gasteiger partial charge >= 0.3 is 11.9 Å². The topological polar surface area (TPSA) is 76.1 Å². The van der Waals surface area contributed by atoms with E-state index in [2.05, 4.69) is 0 Å². The molecule has 28 heavy (non-hydrogen) atoms. The second kappa shape index (κ2) is 10.4. The standard InChI is InChI=1S/C21H29NO5.BrH/c1-14(20(24)26-2)22-12-11-16(13-22)27-21(25)19(23)18-10-6-5-9-17(18)15-7-3-4-8-15;/h5-6,9-10,14-16,19,23H,3-4,7-8,11-13H2,1-2H3;1H. The molecule has 1 saturated heterocycles. The Morgan fingerprint density at radius 1 is 1.14 bits per heavy atom. The maximum atomic E-state index is 12.6. The van der Waals surface area contributed by atoms with Crippen LogP contribution < -0.4 is 0 Å². The van der Waals surface area contributed by atoms with Gasteiger partial charge in [0, 0.05) is 13.1 Å². The molecule has 2 aliphatic rings. The number of likely N-dealkylation sites (tertiary alicyclic amines) is 1. The van der Waals surface area contributed by atoms with Gasteiger partial charge in [0.05, 0.1) is 7.11 Å². The zero-order chi connectivity index (χ0) is 19.4. The number of hydrogen-bond donors (Lipinski definition) is 1. The van der Waals surface area contributed by atoms with Crippen molar-refractivity contribution in [3.8, 4) is 0 Å². The van der Waals surface area contributed by atoms with Crippen molar-refractivity contribution in [1.29, 1.82) is 0 Å². The Hall–Kier alpha value is -1.44. The van der Waals surface area contributed by atoms with Crippen LogP contribution in [-0.4, -0.2) is 54.3 Å². The molecule has 0 amide bonds. The van der Waals surface area contributed by atoms with E-state index in [-0.39, 0.29) is 35.1 Å². The Balaban J connectivity index is 0.00000280. The molecule has 1 aliphatic carbocycles. The lowest BCUT2D eigenvalue weighted by atomic mass is 9.90. The molecule has 6 nitrogen and oxygen atoms in total. The number of benzene rings is 1. The molecule has 0 bridgehead atoms. The lowest BCUT2D eigenvalue weighted by Crippen LogP contribution is -2.39. The van der Waals surface area contributed by atoms with Crippen molar-refractivity contribution in [3.63, 3.8) is 0 Å². The first-order valence-electron chi connectivity index (χ1n) is 9.80. The molecule has 0 spiro atoms.